The molecule has 8 heteroatoms. The van der Waals surface area contributed by atoms with Gasteiger partial charge in [0.2, 0.25) is 11.8 Å². The van der Waals surface area contributed by atoms with Gasteiger partial charge in [0.1, 0.15) is 0 Å². The molecule has 2 aromatic rings. The topological polar surface area (TPSA) is 108 Å². The minimum absolute atomic E-state index is 0.0355. The zero-order valence-corrected chi connectivity index (χ0v) is 18.0. The van der Waals surface area contributed by atoms with E-state index in [0.29, 0.717) is 38.4 Å². The summed E-state index contributed by atoms with van der Waals surface area (Å²) in [6.07, 6.45) is 0. The SMILES string of the molecule is Cc1cccc(C)c1NC(=O)CN1CCN(CC(=O)Nc2ccccc2C(N)=O)CC1. The second-order valence-electron chi connectivity index (χ2n) is 7.83. The number of anilines is 2. The summed E-state index contributed by atoms with van der Waals surface area (Å²) >= 11 is 0. The minimum Gasteiger partial charge on any atom is -0.366 e. The first-order valence-corrected chi connectivity index (χ1v) is 10.3. The van der Waals surface area contributed by atoms with Gasteiger partial charge in [0.15, 0.2) is 0 Å². The lowest BCUT2D eigenvalue weighted by Crippen LogP contribution is -2.50. The minimum atomic E-state index is -0.580. The normalized spacial score (nSPS) is 14.8. The molecule has 0 bridgehead atoms. The van der Waals surface area contributed by atoms with Crippen LogP contribution in [0.15, 0.2) is 42.5 Å². The zero-order chi connectivity index (χ0) is 22.4. The van der Waals surface area contributed by atoms with Crippen LogP contribution in [0.4, 0.5) is 11.4 Å². The fourth-order valence-corrected chi connectivity index (χ4v) is 3.70. The number of hydrogen-bond donors (Lipinski definition) is 3. The van der Waals surface area contributed by atoms with E-state index in [4.69, 9.17) is 5.73 Å². The van der Waals surface area contributed by atoms with Gasteiger partial charge < -0.3 is 16.4 Å². The van der Waals surface area contributed by atoms with Crippen LogP contribution in [0.25, 0.3) is 0 Å². The van der Waals surface area contributed by atoms with Crippen molar-refractivity contribution >= 4 is 29.1 Å². The smallest absolute Gasteiger partial charge is 0.250 e. The van der Waals surface area contributed by atoms with E-state index in [0.717, 1.165) is 16.8 Å². The van der Waals surface area contributed by atoms with Crippen molar-refractivity contribution in [2.75, 3.05) is 49.9 Å². The Morgan fingerprint density at radius 3 is 1.87 bits per heavy atom. The third-order valence-corrected chi connectivity index (χ3v) is 5.41. The average Bonchev–Trinajstić information content (AvgIpc) is 2.72. The molecule has 1 aliphatic rings. The lowest BCUT2D eigenvalue weighted by Gasteiger charge is -2.33. The summed E-state index contributed by atoms with van der Waals surface area (Å²) in [6.45, 7) is 7.26. The standard InChI is InChI=1S/C23H29N5O3/c1-16-6-5-7-17(2)22(16)26-21(30)15-28-12-10-27(11-13-28)14-20(29)25-19-9-4-3-8-18(19)23(24)31/h3-9H,10-15H2,1-2H3,(H2,24,31)(H,25,29)(H,26,30). The summed E-state index contributed by atoms with van der Waals surface area (Å²) in [5.41, 5.74) is 9.02. The summed E-state index contributed by atoms with van der Waals surface area (Å²) in [5.74, 6) is -0.815. The van der Waals surface area contributed by atoms with Crippen molar-refractivity contribution in [1.29, 1.82) is 0 Å². The molecule has 8 nitrogen and oxygen atoms in total. The quantitative estimate of drug-likeness (QED) is 0.627. The predicted octanol–water partition coefficient (Wildman–Crippen LogP) is 1.60. The molecule has 0 radical (unpaired) electrons. The van der Waals surface area contributed by atoms with Crippen molar-refractivity contribution in [1.82, 2.24) is 9.80 Å². The molecule has 0 unspecified atom stereocenters. The molecule has 31 heavy (non-hydrogen) atoms. The van der Waals surface area contributed by atoms with E-state index >= 15 is 0 Å². The van der Waals surface area contributed by atoms with Gasteiger partial charge in [0, 0.05) is 31.9 Å². The molecule has 164 valence electrons. The van der Waals surface area contributed by atoms with Crippen molar-refractivity contribution in [3.05, 3.63) is 59.2 Å². The zero-order valence-electron chi connectivity index (χ0n) is 18.0. The molecule has 0 spiro atoms. The van der Waals surface area contributed by atoms with Crippen LogP contribution in [0.2, 0.25) is 0 Å². The van der Waals surface area contributed by atoms with E-state index in [2.05, 4.69) is 15.5 Å². The maximum atomic E-state index is 12.5. The lowest BCUT2D eigenvalue weighted by molar-refractivity contribution is -0.120. The number of aryl methyl sites for hydroxylation is 2. The van der Waals surface area contributed by atoms with Crippen molar-refractivity contribution in [3.8, 4) is 0 Å². The third kappa shape index (κ3) is 6.13. The predicted molar refractivity (Wildman–Crippen MR) is 121 cm³/mol. The Labute approximate surface area is 182 Å². The number of nitrogens with one attached hydrogen (secondary N) is 2. The van der Waals surface area contributed by atoms with Gasteiger partial charge in [0.05, 0.1) is 24.3 Å². The second-order valence-corrected chi connectivity index (χ2v) is 7.83. The first-order chi connectivity index (χ1) is 14.8. The summed E-state index contributed by atoms with van der Waals surface area (Å²) < 4.78 is 0. The number of piperazine rings is 1. The van der Waals surface area contributed by atoms with E-state index in [1.165, 1.54) is 0 Å². The summed E-state index contributed by atoms with van der Waals surface area (Å²) in [6, 6.07) is 12.6. The van der Waals surface area contributed by atoms with Crippen LogP contribution in [0.1, 0.15) is 21.5 Å². The number of benzene rings is 2. The number of nitrogens with zero attached hydrogens (tertiary/aromatic N) is 2. The van der Waals surface area contributed by atoms with Crippen molar-refractivity contribution in [2.45, 2.75) is 13.8 Å². The monoisotopic (exact) mass is 423 g/mol. The molecule has 0 aliphatic carbocycles. The summed E-state index contributed by atoms with van der Waals surface area (Å²) in [5, 5.41) is 5.78. The van der Waals surface area contributed by atoms with Crippen LogP contribution in [-0.4, -0.2) is 66.8 Å². The molecule has 0 atom stereocenters. The Morgan fingerprint density at radius 2 is 1.32 bits per heavy atom. The fraction of sp³-hybridized carbons (Fsp3) is 0.348. The molecule has 1 heterocycles. The van der Waals surface area contributed by atoms with Crippen molar-refractivity contribution in [3.63, 3.8) is 0 Å². The molecule has 1 aliphatic heterocycles. The highest BCUT2D eigenvalue weighted by atomic mass is 16.2. The Kier molecular flexibility index (Phi) is 7.38. The Morgan fingerprint density at radius 1 is 0.806 bits per heavy atom. The largest absolute Gasteiger partial charge is 0.366 e. The van der Waals surface area contributed by atoms with E-state index in [9.17, 15) is 14.4 Å². The number of hydrogen-bond acceptors (Lipinski definition) is 5. The molecule has 1 saturated heterocycles. The first kappa shape index (κ1) is 22.5. The molecule has 4 N–H and O–H groups in total. The van der Waals surface area contributed by atoms with E-state index in [1.54, 1.807) is 24.3 Å². The number of rotatable bonds is 7. The molecular formula is C23H29N5O3. The number of amides is 3. The maximum Gasteiger partial charge on any atom is 0.250 e. The van der Waals surface area contributed by atoms with Gasteiger partial charge in [-0.15, -0.1) is 0 Å². The van der Waals surface area contributed by atoms with Gasteiger partial charge >= 0.3 is 0 Å². The molecule has 3 amide bonds. The number of carbonyl (C=O) groups is 3. The first-order valence-electron chi connectivity index (χ1n) is 10.3. The van der Waals surface area contributed by atoms with Gasteiger partial charge in [-0.3, -0.25) is 24.2 Å². The highest BCUT2D eigenvalue weighted by Crippen LogP contribution is 2.19. The van der Waals surface area contributed by atoms with Gasteiger partial charge in [0.25, 0.3) is 5.91 Å². The lowest BCUT2D eigenvalue weighted by atomic mass is 10.1. The van der Waals surface area contributed by atoms with Crippen LogP contribution >= 0.6 is 0 Å². The van der Waals surface area contributed by atoms with Gasteiger partial charge in [-0.05, 0) is 37.1 Å². The molecular weight excluding hydrogens is 394 g/mol. The van der Waals surface area contributed by atoms with E-state index in [-0.39, 0.29) is 23.9 Å². The molecule has 0 aromatic heterocycles. The van der Waals surface area contributed by atoms with Crippen LogP contribution < -0.4 is 16.4 Å². The van der Waals surface area contributed by atoms with E-state index in [1.807, 2.05) is 36.9 Å². The Balaban J connectivity index is 1.45. The highest BCUT2D eigenvalue weighted by Gasteiger charge is 2.21. The third-order valence-electron chi connectivity index (χ3n) is 5.41. The van der Waals surface area contributed by atoms with Crippen LogP contribution in [0.5, 0.6) is 0 Å². The number of carbonyl (C=O) groups excluding carboxylic acids is 3. The van der Waals surface area contributed by atoms with Crippen molar-refractivity contribution in [2.24, 2.45) is 5.73 Å². The molecule has 0 saturated carbocycles. The maximum absolute atomic E-state index is 12.5. The van der Waals surface area contributed by atoms with Crippen LogP contribution in [0.3, 0.4) is 0 Å². The van der Waals surface area contributed by atoms with Gasteiger partial charge in [-0.1, -0.05) is 30.3 Å². The number of para-hydroxylation sites is 2. The van der Waals surface area contributed by atoms with Gasteiger partial charge in [-0.2, -0.15) is 0 Å². The summed E-state index contributed by atoms with van der Waals surface area (Å²) in [4.78, 5) is 40.5. The molecule has 2 aromatic carbocycles. The van der Waals surface area contributed by atoms with E-state index < -0.39 is 5.91 Å². The fourth-order valence-electron chi connectivity index (χ4n) is 3.70. The second kappa shape index (κ2) is 10.2. The molecule has 3 rings (SSSR count). The summed E-state index contributed by atoms with van der Waals surface area (Å²) in [7, 11) is 0. The number of nitrogens with two attached hydrogens (primary N) is 1. The van der Waals surface area contributed by atoms with Crippen molar-refractivity contribution < 1.29 is 14.4 Å². The number of primary amides is 1. The molecule has 1 fully saturated rings. The average molecular weight is 424 g/mol. The van der Waals surface area contributed by atoms with Crippen LogP contribution in [0, 0.1) is 13.8 Å². The highest BCUT2D eigenvalue weighted by molar-refractivity contribution is 6.03. The van der Waals surface area contributed by atoms with Gasteiger partial charge in [-0.25, -0.2) is 0 Å². The van der Waals surface area contributed by atoms with Crippen LogP contribution in [-0.2, 0) is 9.59 Å². The Hall–Kier alpha value is -3.23. The Bertz CT molecular complexity index is 947.